The highest BCUT2D eigenvalue weighted by Crippen LogP contribution is 2.32. The number of rotatable bonds is 4. The molecular formula is C9H9F3N2O4S. The summed E-state index contributed by atoms with van der Waals surface area (Å²) in [5.41, 5.74) is -1.39. The molecule has 1 N–H and O–H groups in total. The van der Waals surface area contributed by atoms with Crippen LogP contribution in [0.4, 0.5) is 24.5 Å². The van der Waals surface area contributed by atoms with Crippen LogP contribution in [0, 0.1) is 10.1 Å². The van der Waals surface area contributed by atoms with Gasteiger partial charge in [-0.25, -0.2) is 8.42 Å². The molecule has 0 aliphatic heterocycles. The molecule has 0 fully saturated rings. The summed E-state index contributed by atoms with van der Waals surface area (Å²) in [6, 6.07) is 3.10. The molecule has 0 saturated carbocycles. The molecule has 0 atom stereocenters. The maximum atomic E-state index is 12.1. The normalized spacial score (nSPS) is 12.2. The van der Waals surface area contributed by atoms with Crippen molar-refractivity contribution >= 4 is 21.2 Å². The van der Waals surface area contributed by atoms with Gasteiger partial charge in [-0.05, 0) is 12.1 Å². The van der Waals surface area contributed by atoms with E-state index in [4.69, 9.17) is 0 Å². The van der Waals surface area contributed by atoms with E-state index in [9.17, 15) is 31.7 Å². The van der Waals surface area contributed by atoms with Crippen molar-refractivity contribution < 1.29 is 26.5 Å². The molecule has 0 aromatic heterocycles. The van der Waals surface area contributed by atoms with Gasteiger partial charge >= 0.3 is 11.9 Å². The molecule has 1 aromatic rings. The minimum Gasteiger partial charge on any atom is -0.371 e. The lowest BCUT2D eigenvalue weighted by molar-refractivity contribution is -0.386. The Bertz CT molecular complexity index is 598. The SMILES string of the molecule is CS(=O)(=O)c1cccc(NCC(F)(F)F)c1[N+](=O)[O-]. The molecule has 10 heteroatoms. The molecule has 0 unspecified atom stereocenters. The minimum atomic E-state index is -4.57. The van der Waals surface area contributed by atoms with Crippen molar-refractivity contribution in [2.75, 3.05) is 18.1 Å². The van der Waals surface area contributed by atoms with Gasteiger partial charge in [-0.1, -0.05) is 6.07 Å². The van der Waals surface area contributed by atoms with Gasteiger partial charge in [-0.2, -0.15) is 13.2 Å². The maximum Gasteiger partial charge on any atom is 0.405 e. The number of nitro benzene ring substituents is 1. The molecule has 1 rings (SSSR count). The predicted molar refractivity (Wildman–Crippen MR) is 60.8 cm³/mol. The quantitative estimate of drug-likeness (QED) is 0.678. The Balaban J connectivity index is 3.30. The average molecular weight is 298 g/mol. The van der Waals surface area contributed by atoms with E-state index in [1.165, 1.54) is 0 Å². The zero-order valence-electron chi connectivity index (χ0n) is 9.56. The van der Waals surface area contributed by atoms with E-state index in [1.54, 1.807) is 0 Å². The topological polar surface area (TPSA) is 89.3 Å². The smallest absolute Gasteiger partial charge is 0.371 e. The van der Waals surface area contributed by atoms with Crippen molar-refractivity contribution in [1.29, 1.82) is 0 Å². The molecule has 1 aromatic carbocycles. The van der Waals surface area contributed by atoms with Gasteiger partial charge in [0.05, 0.1) is 4.92 Å². The molecule has 0 amide bonds. The Kier molecular flexibility index (Phi) is 4.03. The average Bonchev–Trinajstić information content (AvgIpc) is 2.23. The third kappa shape index (κ3) is 4.09. The zero-order valence-corrected chi connectivity index (χ0v) is 10.4. The molecule has 0 aliphatic rings. The van der Waals surface area contributed by atoms with E-state index in [0.29, 0.717) is 0 Å². The van der Waals surface area contributed by atoms with Crippen molar-refractivity contribution in [1.82, 2.24) is 0 Å². The molecular weight excluding hydrogens is 289 g/mol. The van der Waals surface area contributed by atoms with Gasteiger partial charge in [0.1, 0.15) is 17.1 Å². The zero-order chi connectivity index (χ0) is 14.8. The molecule has 0 saturated heterocycles. The lowest BCUT2D eigenvalue weighted by Crippen LogP contribution is -2.22. The number of nitrogens with one attached hydrogen (secondary N) is 1. The van der Waals surface area contributed by atoms with E-state index in [1.807, 2.05) is 5.32 Å². The monoisotopic (exact) mass is 298 g/mol. The number of alkyl halides is 3. The summed E-state index contributed by atoms with van der Waals surface area (Å²) in [5.74, 6) is 0. The third-order valence-electron chi connectivity index (χ3n) is 2.06. The number of nitrogens with zero attached hydrogens (tertiary/aromatic N) is 1. The van der Waals surface area contributed by atoms with Gasteiger partial charge in [0.2, 0.25) is 0 Å². The minimum absolute atomic E-state index is 0.495. The van der Waals surface area contributed by atoms with Gasteiger partial charge < -0.3 is 5.32 Å². The number of sulfone groups is 1. The number of halogens is 3. The van der Waals surface area contributed by atoms with Gasteiger partial charge in [0, 0.05) is 6.26 Å². The van der Waals surface area contributed by atoms with Crippen molar-refractivity contribution in [3.8, 4) is 0 Å². The molecule has 0 spiro atoms. The Morgan fingerprint density at radius 1 is 1.37 bits per heavy atom. The fourth-order valence-corrected chi connectivity index (χ4v) is 2.21. The Morgan fingerprint density at radius 3 is 2.37 bits per heavy atom. The number of anilines is 1. The van der Waals surface area contributed by atoms with Crippen LogP contribution in [0.25, 0.3) is 0 Å². The molecule has 19 heavy (non-hydrogen) atoms. The first kappa shape index (κ1) is 15.2. The van der Waals surface area contributed by atoms with Crippen LogP contribution in [0.3, 0.4) is 0 Å². The second-order valence-corrected chi connectivity index (χ2v) is 5.63. The molecule has 0 aliphatic carbocycles. The highest BCUT2D eigenvalue weighted by atomic mass is 32.2. The largest absolute Gasteiger partial charge is 0.405 e. The highest BCUT2D eigenvalue weighted by Gasteiger charge is 2.30. The summed E-state index contributed by atoms with van der Waals surface area (Å²) in [5, 5.41) is 12.6. The summed E-state index contributed by atoms with van der Waals surface area (Å²) < 4.78 is 58.9. The fourth-order valence-electron chi connectivity index (χ4n) is 1.35. The van der Waals surface area contributed by atoms with Crippen LogP contribution in [0.2, 0.25) is 0 Å². The molecule has 106 valence electrons. The van der Waals surface area contributed by atoms with Gasteiger partial charge in [0.25, 0.3) is 0 Å². The molecule has 0 bridgehead atoms. The van der Waals surface area contributed by atoms with Crippen molar-refractivity contribution in [3.63, 3.8) is 0 Å². The van der Waals surface area contributed by atoms with E-state index in [0.717, 1.165) is 24.5 Å². The Morgan fingerprint density at radius 2 is 1.95 bits per heavy atom. The van der Waals surface area contributed by atoms with Crippen LogP contribution in [0.15, 0.2) is 23.1 Å². The van der Waals surface area contributed by atoms with Crippen molar-refractivity contribution in [3.05, 3.63) is 28.3 Å². The third-order valence-corrected chi connectivity index (χ3v) is 3.19. The Labute approximate surface area is 106 Å². The lowest BCUT2D eigenvalue weighted by atomic mass is 10.2. The first-order chi connectivity index (χ1) is 8.52. The first-order valence-corrected chi connectivity index (χ1v) is 6.69. The number of hydrogen-bond donors (Lipinski definition) is 1. The van der Waals surface area contributed by atoms with Gasteiger partial charge in [0.15, 0.2) is 9.84 Å². The van der Waals surface area contributed by atoms with Crippen LogP contribution in [0.5, 0.6) is 0 Å². The van der Waals surface area contributed by atoms with Crippen molar-refractivity contribution in [2.45, 2.75) is 11.1 Å². The molecule has 6 nitrogen and oxygen atoms in total. The first-order valence-electron chi connectivity index (χ1n) is 4.80. The van der Waals surface area contributed by atoms with Crippen LogP contribution < -0.4 is 5.32 Å². The maximum absolute atomic E-state index is 12.1. The van der Waals surface area contributed by atoms with Crippen molar-refractivity contribution in [2.24, 2.45) is 0 Å². The van der Waals surface area contributed by atoms with E-state index in [2.05, 4.69) is 0 Å². The second kappa shape index (κ2) is 5.03. The Hall–Kier alpha value is -1.84. The standard InChI is InChI=1S/C9H9F3N2O4S/c1-19(17,18)7-4-2-3-6(8(7)14(15)16)13-5-9(10,11)12/h2-4,13H,5H2,1H3. The second-order valence-electron chi connectivity index (χ2n) is 3.65. The van der Waals surface area contributed by atoms with E-state index in [-0.39, 0.29) is 0 Å². The van der Waals surface area contributed by atoms with Crippen LogP contribution in [0.1, 0.15) is 0 Å². The molecule has 0 heterocycles. The van der Waals surface area contributed by atoms with E-state index >= 15 is 0 Å². The van der Waals surface area contributed by atoms with Crippen LogP contribution in [-0.2, 0) is 9.84 Å². The van der Waals surface area contributed by atoms with E-state index < -0.39 is 43.8 Å². The number of hydrogen-bond acceptors (Lipinski definition) is 5. The molecule has 0 radical (unpaired) electrons. The predicted octanol–water partition coefficient (Wildman–Crippen LogP) is 1.97. The summed E-state index contributed by atoms with van der Waals surface area (Å²) in [4.78, 5) is 9.17. The summed E-state index contributed by atoms with van der Waals surface area (Å²) in [7, 11) is -3.92. The van der Waals surface area contributed by atoms with Crippen LogP contribution >= 0.6 is 0 Å². The van der Waals surface area contributed by atoms with Crippen LogP contribution in [-0.4, -0.2) is 32.3 Å². The summed E-state index contributed by atoms with van der Waals surface area (Å²) in [6.45, 7) is -1.50. The van der Waals surface area contributed by atoms with Gasteiger partial charge in [-0.15, -0.1) is 0 Å². The van der Waals surface area contributed by atoms with Gasteiger partial charge in [-0.3, -0.25) is 10.1 Å². The summed E-state index contributed by atoms with van der Waals surface area (Å²) >= 11 is 0. The fraction of sp³-hybridized carbons (Fsp3) is 0.333. The highest BCUT2D eigenvalue weighted by molar-refractivity contribution is 7.90. The number of nitro groups is 1. The number of benzene rings is 1. The number of para-hydroxylation sites is 1. The lowest BCUT2D eigenvalue weighted by Gasteiger charge is -2.11. The summed E-state index contributed by atoms with van der Waals surface area (Å²) in [6.07, 6.45) is -3.84.